The van der Waals surface area contributed by atoms with Crippen LogP contribution in [0.15, 0.2) is 12.2 Å². The highest BCUT2D eigenvalue weighted by molar-refractivity contribution is 5.96. The van der Waals surface area contributed by atoms with E-state index >= 15 is 0 Å². The minimum Gasteiger partial charge on any atom is -0.466 e. The van der Waals surface area contributed by atoms with Crippen LogP contribution in [0, 0.1) is 23.7 Å². The van der Waals surface area contributed by atoms with E-state index < -0.39 is 29.8 Å². The fourth-order valence-corrected chi connectivity index (χ4v) is 4.67. The summed E-state index contributed by atoms with van der Waals surface area (Å²) in [6, 6.07) is -1.22. The lowest BCUT2D eigenvalue weighted by atomic mass is 9.69. The predicted octanol–water partition coefficient (Wildman–Crippen LogP) is 1.89. The molecule has 1 aliphatic heterocycles. The number of aliphatic hydroxyl groups excluding tert-OH is 1. The van der Waals surface area contributed by atoms with Crippen LogP contribution in [-0.4, -0.2) is 59.6 Å². The fourth-order valence-electron chi connectivity index (χ4n) is 4.67. The molecule has 2 amide bonds. The molecule has 2 rings (SSSR count). The highest BCUT2D eigenvalue weighted by Gasteiger charge is 2.58. The summed E-state index contributed by atoms with van der Waals surface area (Å²) in [5.74, 6) is -2.55. The van der Waals surface area contributed by atoms with Crippen molar-refractivity contribution in [3.8, 4) is 0 Å². The first-order valence-electron chi connectivity index (χ1n) is 11.0. The molecular formula is C22H36N2O5. The molecule has 0 unspecified atom stereocenters. The standard InChI is InChI=1S/C22H36N2O5/c1-5-8-12-23-20(26)19-16-11-10-15(9-6-2)17(22(28)29-7-3)18(16)21(27)24(19)14(4)13-25/h10-11,14-19,25H,5-9,12-13H2,1-4H3,(H,23,26)/t14-,15-,16+,17-,18-,19+/m1/s1. The first kappa shape index (κ1) is 23.4. The lowest BCUT2D eigenvalue weighted by molar-refractivity contribution is -0.156. The molecule has 0 bridgehead atoms. The van der Waals surface area contributed by atoms with E-state index in [-0.39, 0.29) is 36.9 Å². The van der Waals surface area contributed by atoms with E-state index in [9.17, 15) is 19.5 Å². The molecule has 0 spiro atoms. The number of hydrogen-bond donors (Lipinski definition) is 2. The molecule has 1 aliphatic carbocycles. The van der Waals surface area contributed by atoms with E-state index in [2.05, 4.69) is 5.32 Å². The molecule has 7 heteroatoms. The average Bonchev–Trinajstić information content (AvgIpc) is 3.00. The Labute approximate surface area is 173 Å². The van der Waals surface area contributed by atoms with Gasteiger partial charge in [-0.2, -0.15) is 0 Å². The van der Waals surface area contributed by atoms with Crippen LogP contribution in [0.25, 0.3) is 0 Å². The molecule has 29 heavy (non-hydrogen) atoms. The number of fused-ring (bicyclic) bond motifs is 1. The second-order valence-corrected chi connectivity index (χ2v) is 8.08. The summed E-state index contributed by atoms with van der Waals surface area (Å²) in [5.41, 5.74) is 0. The Kier molecular flexibility index (Phi) is 8.68. The Balaban J connectivity index is 2.42. The number of amides is 2. The van der Waals surface area contributed by atoms with Crippen LogP contribution >= 0.6 is 0 Å². The molecule has 7 nitrogen and oxygen atoms in total. The Hall–Kier alpha value is -1.89. The molecule has 0 aromatic heterocycles. The number of likely N-dealkylation sites (tertiary alicyclic amines) is 1. The number of carbonyl (C=O) groups excluding carboxylic acids is 3. The van der Waals surface area contributed by atoms with Gasteiger partial charge in [-0.1, -0.05) is 38.8 Å². The monoisotopic (exact) mass is 408 g/mol. The number of ether oxygens (including phenoxy) is 1. The largest absolute Gasteiger partial charge is 0.466 e. The molecule has 0 radical (unpaired) electrons. The van der Waals surface area contributed by atoms with Gasteiger partial charge in [-0.25, -0.2) is 0 Å². The Morgan fingerprint density at radius 3 is 2.55 bits per heavy atom. The number of allylic oxidation sites excluding steroid dienone is 1. The lowest BCUT2D eigenvalue weighted by Crippen LogP contribution is -2.51. The normalized spacial score (nSPS) is 29.5. The molecule has 164 valence electrons. The van der Waals surface area contributed by atoms with Crippen molar-refractivity contribution in [1.29, 1.82) is 0 Å². The van der Waals surface area contributed by atoms with Crippen LogP contribution in [-0.2, 0) is 19.1 Å². The van der Waals surface area contributed by atoms with Gasteiger partial charge in [0, 0.05) is 12.5 Å². The van der Waals surface area contributed by atoms with Gasteiger partial charge in [0.2, 0.25) is 11.8 Å². The topological polar surface area (TPSA) is 95.9 Å². The average molecular weight is 409 g/mol. The molecule has 0 aromatic rings. The maximum Gasteiger partial charge on any atom is 0.310 e. The van der Waals surface area contributed by atoms with Gasteiger partial charge in [-0.15, -0.1) is 0 Å². The van der Waals surface area contributed by atoms with E-state index in [0.29, 0.717) is 6.54 Å². The van der Waals surface area contributed by atoms with Crippen molar-refractivity contribution >= 4 is 17.8 Å². The number of esters is 1. The minimum atomic E-state index is -0.720. The molecule has 0 saturated carbocycles. The van der Waals surface area contributed by atoms with Gasteiger partial charge >= 0.3 is 5.97 Å². The van der Waals surface area contributed by atoms with Gasteiger partial charge in [0.05, 0.1) is 31.1 Å². The van der Waals surface area contributed by atoms with Crippen molar-refractivity contribution in [2.75, 3.05) is 19.8 Å². The summed E-state index contributed by atoms with van der Waals surface area (Å²) in [6.07, 6.45) is 7.39. The molecular weight excluding hydrogens is 372 g/mol. The van der Waals surface area contributed by atoms with Gasteiger partial charge in [0.15, 0.2) is 0 Å². The molecule has 0 aromatic carbocycles. The van der Waals surface area contributed by atoms with Crippen molar-refractivity contribution in [3.05, 3.63) is 12.2 Å². The Morgan fingerprint density at radius 1 is 1.24 bits per heavy atom. The third-order valence-corrected chi connectivity index (χ3v) is 6.07. The molecule has 2 N–H and O–H groups in total. The van der Waals surface area contributed by atoms with Crippen LogP contribution in [0.2, 0.25) is 0 Å². The van der Waals surface area contributed by atoms with Crippen LogP contribution < -0.4 is 5.32 Å². The highest BCUT2D eigenvalue weighted by atomic mass is 16.5. The number of nitrogens with one attached hydrogen (secondary N) is 1. The lowest BCUT2D eigenvalue weighted by Gasteiger charge is -2.34. The van der Waals surface area contributed by atoms with Crippen LogP contribution in [0.1, 0.15) is 53.4 Å². The predicted molar refractivity (Wildman–Crippen MR) is 110 cm³/mol. The van der Waals surface area contributed by atoms with E-state index in [1.165, 1.54) is 4.90 Å². The minimum absolute atomic E-state index is 0.0857. The van der Waals surface area contributed by atoms with Crippen molar-refractivity contribution < 1.29 is 24.2 Å². The molecule has 6 atom stereocenters. The zero-order valence-electron chi connectivity index (χ0n) is 18.1. The maximum absolute atomic E-state index is 13.4. The summed E-state index contributed by atoms with van der Waals surface area (Å²) in [6.45, 7) is 8.13. The van der Waals surface area contributed by atoms with Crippen molar-refractivity contribution in [3.63, 3.8) is 0 Å². The molecule has 2 aliphatic rings. The summed E-state index contributed by atoms with van der Waals surface area (Å²) < 4.78 is 5.32. The molecule has 1 saturated heterocycles. The number of unbranched alkanes of at least 4 members (excludes halogenated alkanes) is 1. The van der Waals surface area contributed by atoms with E-state index in [1.54, 1.807) is 13.8 Å². The van der Waals surface area contributed by atoms with Crippen molar-refractivity contribution in [2.24, 2.45) is 23.7 Å². The van der Waals surface area contributed by atoms with Crippen molar-refractivity contribution in [1.82, 2.24) is 10.2 Å². The fraction of sp³-hybridized carbons (Fsp3) is 0.773. The van der Waals surface area contributed by atoms with Gasteiger partial charge < -0.3 is 20.1 Å². The number of rotatable bonds is 10. The van der Waals surface area contributed by atoms with Crippen LogP contribution in [0.3, 0.4) is 0 Å². The van der Waals surface area contributed by atoms with E-state index in [1.807, 2.05) is 26.0 Å². The SMILES string of the molecule is CCCCNC(=O)[C@@H]1[C@H]2C=C[C@@H](CCC)[C@@H](C(=O)OCC)[C@@H]2C(=O)N1[C@H](C)CO. The van der Waals surface area contributed by atoms with E-state index in [4.69, 9.17) is 4.74 Å². The highest BCUT2D eigenvalue weighted by Crippen LogP contribution is 2.46. The van der Waals surface area contributed by atoms with Gasteiger partial charge in [-0.05, 0) is 32.6 Å². The van der Waals surface area contributed by atoms with Crippen LogP contribution in [0.5, 0.6) is 0 Å². The number of nitrogens with zero attached hydrogens (tertiary/aromatic N) is 1. The summed E-state index contributed by atoms with van der Waals surface area (Å²) in [4.78, 5) is 40.8. The van der Waals surface area contributed by atoms with Gasteiger partial charge in [-0.3, -0.25) is 14.4 Å². The number of carbonyl (C=O) groups is 3. The third-order valence-electron chi connectivity index (χ3n) is 6.07. The third kappa shape index (κ3) is 4.82. The van der Waals surface area contributed by atoms with Gasteiger partial charge in [0.25, 0.3) is 0 Å². The molecule has 1 heterocycles. The van der Waals surface area contributed by atoms with E-state index in [0.717, 1.165) is 25.7 Å². The Morgan fingerprint density at radius 2 is 1.97 bits per heavy atom. The Bertz CT molecular complexity index is 620. The second-order valence-electron chi connectivity index (χ2n) is 8.08. The summed E-state index contributed by atoms with van der Waals surface area (Å²) >= 11 is 0. The smallest absolute Gasteiger partial charge is 0.310 e. The van der Waals surface area contributed by atoms with Crippen LogP contribution in [0.4, 0.5) is 0 Å². The number of aliphatic hydroxyl groups is 1. The first-order valence-corrected chi connectivity index (χ1v) is 11.0. The van der Waals surface area contributed by atoms with Crippen molar-refractivity contribution in [2.45, 2.75) is 65.5 Å². The summed E-state index contributed by atoms with van der Waals surface area (Å²) in [7, 11) is 0. The second kappa shape index (κ2) is 10.8. The zero-order valence-corrected chi connectivity index (χ0v) is 18.1. The quantitative estimate of drug-likeness (QED) is 0.327. The maximum atomic E-state index is 13.4. The van der Waals surface area contributed by atoms with Gasteiger partial charge in [0.1, 0.15) is 6.04 Å². The summed E-state index contributed by atoms with van der Waals surface area (Å²) in [5, 5.41) is 12.6. The number of hydrogen-bond acceptors (Lipinski definition) is 5. The zero-order chi connectivity index (χ0) is 21.6. The molecule has 1 fully saturated rings. The first-order chi connectivity index (χ1) is 13.9.